The average molecular weight is 210 g/mol. The van der Waals surface area contributed by atoms with Crippen molar-refractivity contribution in [2.75, 3.05) is 0 Å². The van der Waals surface area contributed by atoms with Gasteiger partial charge in [-0.3, -0.25) is 4.79 Å². The molecular weight excluding hydrogens is 195 g/mol. The number of halogens is 1. The lowest BCUT2D eigenvalue weighted by atomic mass is 10.1. The summed E-state index contributed by atoms with van der Waals surface area (Å²) in [7, 11) is 0. The molecule has 0 aromatic heterocycles. The summed E-state index contributed by atoms with van der Waals surface area (Å²) in [6.45, 7) is 5.49. The van der Waals surface area contributed by atoms with Gasteiger partial charge in [-0.1, -0.05) is 26.7 Å². The van der Waals surface area contributed by atoms with Gasteiger partial charge in [0, 0.05) is 12.3 Å². The van der Waals surface area contributed by atoms with E-state index in [0.29, 0.717) is 6.42 Å². The fraction of sp³-hybridized carbons (Fsp3) is 0.583. The van der Waals surface area contributed by atoms with Crippen molar-refractivity contribution in [1.29, 1.82) is 0 Å². The van der Waals surface area contributed by atoms with Gasteiger partial charge in [-0.15, -0.1) is 0 Å². The highest BCUT2D eigenvalue weighted by Gasteiger charge is 2.61. The first kappa shape index (κ1) is 11.8. The number of rotatable bonds is 2. The van der Waals surface area contributed by atoms with Crippen molar-refractivity contribution in [1.82, 2.24) is 0 Å². The summed E-state index contributed by atoms with van der Waals surface area (Å²) in [5, 5.41) is 8.86. The highest BCUT2D eigenvalue weighted by Crippen LogP contribution is 2.59. The zero-order valence-electron chi connectivity index (χ0n) is 9.17. The van der Waals surface area contributed by atoms with Crippen LogP contribution >= 0.6 is 0 Å². The van der Waals surface area contributed by atoms with Gasteiger partial charge in [0.1, 0.15) is 0 Å². The smallest absolute Gasteiger partial charge is 0.307 e. The van der Waals surface area contributed by atoms with Crippen molar-refractivity contribution < 1.29 is 14.3 Å². The van der Waals surface area contributed by atoms with E-state index >= 15 is 0 Å². The third kappa shape index (κ3) is 2.38. The van der Waals surface area contributed by atoms with Crippen LogP contribution in [0.3, 0.4) is 0 Å². The Bertz CT molecular complexity index is 358. The van der Waals surface area contributed by atoms with Crippen LogP contribution in [0.25, 0.3) is 0 Å². The van der Waals surface area contributed by atoms with Crippen LogP contribution in [0.4, 0.5) is 4.39 Å². The summed E-state index contributed by atoms with van der Waals surface area (Å²) in [5.41, 5.74) is -0.350. The van der Waals surface area contributed by atoms with Crippen molar-refractivity contribution in [3.05, 3.63) is 11.9 Å². The van der Waals surface area contributed by atoms with Gasteiger partial charge in [0.05, 0.1) is 5.92 Å². The first-order valence-corrected chi connectivity index (χ1v) is 5.00. The molecule has 0 aromatic rings. The maximum absolute atomic E-state index is 13.2. The molecule has 1 N–H and O–H groups in total. The molecule has 3 heteroatoms. The fourth-order valence-corrected chi connectivity index (χ4v) is 1.83. The van der Waals surface area contributed by atoms with Crippen LogP contribution in [0.15, 0.2) is 11.9 Å². The number of hydrogen-bond donors (Lipinski definition) is 1. The van der Waals surface area contributed by atoms with Crippen LogP contribution in [-0.4, -0.2) is 11.1 Å². The number of carboxylic acids is 1. The lowest BCUT2D eigenvalue weighted by Crippen LogP contribution is -2.02. The zero-order valence-corrected chi connectivity index (χ0v) is 9.17. The number of aliphatic carboxylic acids is 1. The molecule has 0 radical (unpaired) electrons. The third-order valence-corrected chi connectivity index (χ3v) is 2.89. The van der Waals surface area contributed by atoms with Gasteiger partial charge in [0.25, 0.3) is 0 Å². The van der Waals surface area contributed by atoms with Crippen LogP contribution in [0.1, 0.15) is 27.2 Å². The normalized spacial score (nSPS) is 27.9. The molecule has 1 aliphatic rings. The van der Waals surface area contributed by atoms with E-state index < -0.39 is 17.7 Å². The maximum Gasteiger partial charge on any atom is 0.307 e. The van der Waals surface area contributed by atoms with Crippen molar-refractivity contribution in [3.63, 3.8) is 0 Å². The van der Waals surface area contributed by atoms with Gasteiger partial charge in [0.2, 0.25) is 0 Å². The first-order valence-electron chi connectivity index (χ1n) is 5.00. The Kier molecular flexibility index (Phi) is 3.18. The average Bonchev–Trinajstić information content (AvgIpc) is 2.64. The van der Waals surface area contributed by atoms with Crippen LogP contribution in [0, 0.1) is 29.1 Å². The number of carboxylic acid groups (broad SMARTS) is 1. The molecule has 0 spiro atoms. The molecule has 0 heterocycles. The predicted molar refractivity (Wildman–Crippen MR) is 55.7 cm³/mol. The highest BCUT2D eigenvalue weighted by atomic mass is 19.1. The molecule has 0 aromatic carbocycles. The van der Waals surface area contributed by atoms with Gasteiger partial charge in [0.15, 0.2) is 5.83 Å². The quantitative estimate of drug-likeness (QED) is 0.711. The molecule has 15 heavy (non-hydrogen) atoms. The van der Waals surface area contributed by atoms with Gasteiger partial charge >= 0.3 is 5.97 Å². The second-order valence-corrected chi connectivity index (χ2v) is 4.33. The van der Waals surface area contributed by atoms with Crippen LogP contribution in [-0.2, 0) is 4.79 Å². The van der Waals surface area contributed by atoms with Gasteiger partial charge in [-0.05, 0) is 17.4 Å². The van der Waals surface area contributed by atoms with Crippen molar-refractivity contribution >= 4 is 5.97 Å². The number of hydrogen-bond acceptors (Lipinski definition) is 1. The standard InChI is InChI=1S/C12H15FO2/c1-4-5-6-8(13)7-9-10(11(14)15)12(9,2)3/h7,9-10H,4H2,1-3H3,(H,14,15). The molecule has 1 rings (SSSR count). The van der Waals surface area contributed by atoms with E-state index in [1.54, 1.807) is 0 Å². The summed E-state index contributed by atoms with van der Waals surface area (Å²) >= 11 is 0. The van der Waals surface area contributed by atoms with Crippen molar-refractivity contribution in [2.24, 2.45) is 17.3 Å². The lowest BCUT2D eigenvalue weighted by molar-refractivity contribution is -0.139. The summed E-state index contributed by atoms with van der Waals surface area (Å²) in [4.78, 5) is 10.8. The monoisotopic (exact) mass is 210 g/mol. The predicted octanol–water partition coefficient (Wildman–Crippen LogP) is 2.61. The van der Waals surface area contributed by atoms with Crippen LogP contribution in [0.5, 0.6) is 0 Å². The summed E-state index contributed by atoms with van der Waals surface area (Å²) < 4.78 is 13.2. The summed E-state index contributed by atoms with van der Waals surface area (Å²) in [5.74, 6) is 2.87. The molecule has 1 fully saturated rings. The molecule has 2 atom stereocenters. The molecule has 0 saturated heterocycles. The minimum Gasteiger partial charge on any atom is -0.481 e. The Morgan fingerprint density at radius 1 is 1.60 bits per heavy atom. The van der Waals surface area contributed by atoms with E-state index in [9.17, 15) is 9.18 Å². The molecule has 1 saturated carbocycles. The molecule has 0 bridgehead atoms. The second kappa shape index (κ2) is 4.06. The molecule has 0 aliphatic heterocycles. The minimum absolute atomic E-state index is 0.235. The topological polar surface area (TPSA) is 37.3 Å². The molecule has 1 aliphatic carbocycles. The van der Waals surface area contributed by atoms with E-state index in [1.807, 2.05) is 20.8 Å². The Labute approximate surface area is 89.2 Å². The fourth-order valence-electron chi connectivity index (χ4n) is 1.83. The van der Waals surface area contributed by atoms with Crippen molar-refractivity contribution in [2.45, 2.75) is 27.2 Å². The van der Waals surface area contributed by atoms with Crippen molar-refractivity contribution in [3.8, 4) is 11.8 Å². The van der Waals surface area contributed by atoms with Crippen LogP contribution in [0.2, 0.25) is 0 Å². The third-order valence-electron chi connectivity index (χ3n) is 2.89. The highest BCUT2D eigenvalue weighted by molar-refractivity contribution is 5.76. The van der Waals surface area contributed by atoms with Gasteiger partial charge < -0.3 is 5.11 Å². The largest absolute Gasteiger partial charge is 0.481 e. The van der Waals surface area contributed by atoms with E-state index in [2.05, 4.69) is 11.8 Å². The Hall–Kier alpha value is -1.30. The second-order valence-electron chi connectivity index (χ2n) is 4.33. The number of allylic oxidation sites excluding steroid dienone is 2. The number of carbonyl (C=O) groups is 1. The van der Waals surface area contributed by atoms with Crippen LogP contribution < -0.4 is 0 Å². The SMILES string of the molecule is CCC#CC(F)=CC1C(C(=O)O)C1(C)C. The molecule has 0 amide bonds. The minimum atomic E-state index is -0.863. The van der Waals surface area contributed by atoms with Gasteiger partial charge in [-0.25, -0.2) is 0 Å². The zero-order chi connectivity index (χ0) is 11.6. The van der Waals surface area contributed by atoms with E-state index in [1.165, 1.54) is 6.08 Å². The Morgan fingerprint density at radius 2 is 2.20 bits per heavy atom. The molecule has 82 valence electrons. The van der Waals surface area contributed by atoms with E-state index in [4.69, 9.17) is 5.11 Å². The summed E-state index contributed by atoms with van der Waals surface area (Å²) in [6, 6.07) is 0. The molecule has 2 unspecified atom stereocenters. The first-order chi connectivity index (χ1) is 6.91. The summed E-state index contributed by atoms with van der Waals surface area (Å²) in [6.07, 6.45) is 1.93. The molecular formula is C12H15FO2. The maximum atomic E-state index is 13.2. The van der Waals surface area contributed by atoms with Gasteiger partial charge in [-0.2, -0.15) is 4.39 Å². The Balaban J connectivity index is 2.73. The van der Waals surface area contributed by atoms with E-state index in [0.717, 1.165) is 0 Å². The van der Waals surface area contributed by atoms with E-state index in [-0.39, 0.29) is 11.3 Å². The lowest BCUT2D eigenvalue weighted by Gasteiger charge is -1.96. The molecule has 2 nitrogen and oxygen atoms in total. The Morgan fingerprint density at radius 3 is 2.60 bits per heavy atom.